The van der Waals surface area contributed by atoms with Crippen molar-refractivity contribution in [2.75, 3.05) is 7.11 Å². The number of para-hydroxylation sites is 1. The maximum absolute atomic E-state index is 13.2. The molecule has 1 heterocycles. The second-order valence-corrected chi connectivity index (χ2v) is 5.26. The van der Waals surface area contributed by atoms with E-state index in [0.717, 1.165) is 27.7 Å². The first-order chi connectivity index (χ1) is 11.1. The van der Waals surface area contributed by atoms with Gasteiger partial charge in [-0.15, -0.1) is 0 Å². The van der Waals surface area contributed by atoms with Crippen LogP contribution < -0.4 is 4.74 Å². The molecule has 2 N–H and O–H groups in total. The minimum Gasteiger partial charge on any atom is -0.495 e. The molecule has 4 nitrogen and oxygen atoms in total. The summed E-state index contributed by atoms with van der Waals surface area (Å²) >= 11 is 0. The summed E-state index contributed by atoms with van der Waals surface area (Å²) in [6.07, 6.45) is 0.410. The van der Waals surface area contributed by atoms with Crippen molar-refractivity contribution < 1.29 is 19.0 Å². The molecule has 0 aliphatic heterocycles. The van der Waals surface area contributed by atoms with Crippen molar-refractivity contribution in [1.29, 1.82) is 0 Å². The highest BCUT2D eigenvalue weighted by Crippen LogP contribution is 2.35. The lowest BCUT2D eigenvalue weighted by Crippen LogP contribution is -1.98. The summed E-state index contributed by atoms with van der Waals surface area (Å²) in [5.41, 5.74) is 3.32. The van der Waals surface area contributed by atoms with Crippen LogP contribution in [0, 0.1) is 5.82 Å². The number of carboxylic acid groups (broad SMARTS) is 1. The molecule has 5 heteroatoms. The van der Waals surface area contributed by atoms with Crippen LogP contribution in [-0.2, 0) is 11.2 Å². The van der Waals surface area contributed by atoms with Crippen molar-refractivity contribution in [2.45, 2.75) is 12.8 Å². The van der Waals surface area contributed by atoms with E-state index in [1.54, 1.807) is 19.2 Å². The van der Waals surface area contributed by atoms with Crippen molar-refractivity contribution in [3.05, 3.63) is 53.8 Å². The smallest absolute Gasteiger partial charge is 0.303 e. The van der Waals surface area contributed by atoms with Gasteiger partial charge in [-0.2, -0.15) is 0 Å². The predicted octanol–water partition coefficient (Wildman–Crippen LogP) is 4.00. The Labute approximate surface area is 132 Å². The Hall–Kier alpha value is -2.82. The first-order valence-corrected chi connectivity index (χ1v) is 7.25. The predicted molar refractivity (Wildman–Crippen MR) is 86.2 cm³/mol. The van der Waals surface area contributed by atoms with E-state index in [9.17, 15) is 9.18 Å². The molecule has 0 amide bonds. The lowest BCUT2D eigenvalue weighted by atomic mass is 10.0. The molecule has 0 fully saturated rings. The fourth-order valence-corrected chi connectivity index (χ4v) is 2.77. The molecule has 0 radical (unpaired) electrons. The largest absolute Gasteiger partial charge is 0.495 e. The number of hydrogen-bond acceptors (Lipinski definition) is 2. The molecule has 0 saturated carbocycles. The number of halogens is 1. The SMILES string of the molecule is COc1cccc2c(CCC(=O)O)c(-c3ccc(F)cc3)[nH]c12. The fourth-order valence-electron chi connectivity index (χ4n) is 2.77. The molecular weight excluding hydrogens is 297 g/mol. The number of rotatable bonds is 5. The molecule has 0 atom stereocenters. The molecule has 3 rings (SSSR count). The van der Waals surface area contributed by atoms with Gasteiger partial charge >= 0.3 is 5.97 Å². The van der Waals surface area contributed by atoms with Gasteiger partial charge in [0, 0.05) is 17.5 Å². The molecule has 0 aliphatic carbocycles. The molecule has 0 spiro atoms. The summed E-state index contributed by atoms with van der Waals surface area (Å²) in [7, 11) is 1.59. The zero-order chi connectivity index (χ0) is 16.4. The molecule has 3 aromatic rings. The lowest BCUT2D eigenvalue weighted by molar-refractivity contribution is -0.136. The third kappa shape index (κ3) is 2.90. The number of aromatic nitrogens is 1. The van der Waals surface area contributed by atoms with Gasteiger partial charge in [0.2, 0.25) is 0 Å². The lowest BCUT2D eigenvalue weighted by Gasteiger charge is -2.04. The van der Waals surface area contributed by atoms with Gasteiger partial charge in [-0.1, -0.05) is 12.1 Å². The van der Waals surface area contributed by atoms with Crippen LogP contribution in [0.25, 0.3) is 22.2 Å². The molecule has 2 aromatic carbocycles. The summed E-state index contributed by atoms with van der Waals surface area (Å²) in [6.45, 7) is 0. The van der Waals surface area contributed by atoms with Gasteiger partial charge in [-0.3, -0.25) is 4.79 Å². The summed E-state index contributed by atoms with van der Waals surface area (Å²) in [5, 5.41) is 9.92. The number of aliphatic carboxylic acids is 1. The van der Waals surface area contributed by atoms with Crippen LogP contribution in [0.15, 0.2) is 42.5 Å². The quantitative estimate of drug-likeness (QED) is 0.748. The number of aromatic amines is 1. The Morgan fingerprint density at radius 3 is 2.61 bits per heavy atom. The van der Waals surface area contributed by atoms with Gasteiger partial charge in [0.15, 0.2) is 0 Å². The normalized spacial score (nSPS) is 10.9. The van der Waals surface area contributed by atoms with E-state index in [1.165, 1.54) is 12.1 Å². The van der Waals surface area contributed by atoms with Crippen molar-refractivity contribution in [1.82, 2.24) is 4.98 Å². The van der Waals surface area contributed by atoms with E-state index in [-0.39, 0.29) is 12.2 Å². The number of H-pyrrole nitrogens is 1. The number of carboxylic acids is 1. The molecule has 118 valence electrons. The van der Waals surface area contributed by atoms with E-state index in [0.29, 0.717) is 12.2 Å². The molecule has 0 unspecified atom stereocenters. The average molecular weight is 313 g/mol. The first kappa shape index (κ1) is 15.1. The number of hydrogen-bond donors (Lipinski definition) is 2. The Kier molecular flexibility index (Phi) is 4.02. The Morgan fingerprint density at radius 2 is 1.96 bits per heavy atom. The number of carbonyl (C=O) groups is 1. The van der Waals surface area contributed by atoms with E-state index < -0.39 is 5.97 Å². The van der Waals surface area contributed by atoms with E-state index in [1.807, 2.05) is 18.2 Å². The van der Waals surface area contributed by atoms with Crippen LogP contribution in [0.3, 0.4) is 0 Å². The summed E-state index contributed by atoms with van der Waals surface area (Å²) in [4.78, 5) is 14.3. The van der Waals surface area contributed by atoms with Gasteiger partial charge in [0.1, 0.15) is 11.6 Å². The standard InChI is InChI=1S/C18H16FNO3/c1-23-15-4-2-3-13-14(9-10-16(21)22)17(20-18(13)15)11-5-7-12(19)8-6-11/h2-8,20H,9-10H2,1H3,(H,21,22). The second kappa shape index (κ2) is 6.12. The van der Waals surface area contributed by atoms with Crippen LogP contribution in [0.5, 0.6) is 5.75 Å². The highest BCUT2D eigenvalue weighted by molar-refractivity contribution is 5.94. The van der Waals surface area contributed by atoms with Gasteiger partial charge < -0.3 is 14.8 Å². The van der Waals surface area contributed by atoms with Crippen molar-refractivity contribution in [3.63, 3.8) is 0 Å². The van der Waals surface area contributed by atoms with Crippen LogP contribution in [0.4, 0.5) is 4.39 Å². The molecule has 23 heavy (non-hydrogen) atoms. The van der Waals surface area contributed by atoms with E-state index in [2.05, 4.69) is 4.98 Å². The minimum absolute atomic E-state index is 0.0261. The van der Waals surface area contributed by atoms with Gasteiger partial charge in [-0.25, -0.2) is 4.39 Å². The van der Waals surface area contributed by atoms with Gasteiger partial charge in [-0.05, 0) is 47.9 Å². The third-order valence-electron chi connectivity index (χ3n) is 3.84. The third-order valence-corrected chi connectivity index (χ3v) is 3.84. The number of fused-ring (bicyclic) bond motifs is 1. The molecular formula is C18H16FNO3. The van der Waals surface area contributed by atoms with Crippen molar-refractivity contribution in [3.8, 4) is 17.0 Å². The Morgan fingerprint density at radius 1 is 1.22 bits per heavy atom. The van der Waals surface area contributed by atoms with Crippen LogP contribution in [-0.4, -0.2) is 23.2 Å². The van der Waals surface area contributed by atoms with E-state index in [4.69, 9.17) is 9.84 Å². The van der Waals surface area contributed by atoms with Crippen LogP contribution in [0.2, 0.25) is 0 Å². The number of benzene rings is 2. The molecule has 0 saturated heterocycles. The first-order valence-electron chi connectivity index (χ1n) is 7.25. The van der Waals surface area contributed by atoms with Crippen molar-refractivity contribution in [2.24, 2.45) is 0 Å². The monoisotopic (exact) mass is 313 g/mol. The van der Waals surface area contributed by atoms with E-state index >= 15 is 0 Å². The van der Waals surface area contributed by atoms with Crippen molar-refractivity contribution >= 4 is 16.9 Å². The van der Waals surface area contributed by atoms with Gasteiger partial charge in [0.25, 0.3) is 0 Å². The number of ether oxygens (including phenoxy) is 1. The number of nitrogens with one attached hydrogen (secondary N) is 1. The summed E-state index contributed by atoms with van der Waals surface area (Å²) < 4.78 is 18.5. The highest BCUT2D eigenvalue weighted by Gasteiger charge is 2.16. The zero-order valence-electron chi connectivity index (χ0n) is 12.6. The van der Waals surface area contributed by atoms with Gasteiger partial charge in [0.05, 0.1) is 12.6 Å². The topological polar surface area (TPSA) is 62.3 Å². The fraction of sp³-hybridized carbons (Fsp3) is 0.167. The molecule has 0 aliphatic rings. The highest BCUT2D eigenvalue weighted by atomic mass is 19.1. The van der Waals surface area contributed by atoms with Crippen LogP contribution in [0.1, 0.15) is 12.0 Å². The van der Waals surface area contributed by atoms with Crippen LogP contribution >= 0.6 is 0 Å². The second-order valence-electron chi connectivity index (χ2n) is 5.26. The number of aryl methyl sites for hydroxylation is 1. The maximum atomic E-state index is 13.2. The summed E-state index contributed by atoms with van der Waals surface area (Å²) in [6, 6.07) is 11.8. The minimum atomic E-state index is -0.854. The maximum Gasteiger partial charge on any atom is 0.303 e. The molecule has 0 bridgehead atoms. The Balaban J connectivity index is 2.19. The summed E-state index contributed by atoms with van der Waals surface area (Å²) in [5.74, 6) is -0.478. The number of methoxy groups -OCH3 is 1. The molecule has 1 aromatic heterocycles. The Bertz CT molecular complexity index is 853. The average Bonchev–Trinajstić information content (AvgIpc) is 2.92. The zero-order valence-corrected chi connectivity index (χ0v) is 12.6.